The van der Waals surface area contributed by atoms with E-state index in [9.17, 15) is 0 Å². The second kappa shape index (κ2) is 11.6. The van der Waals surface area contributed by atoms with Gasteiger partial charge in [-0.05, 0) is 92.3 Å². The molecule has 0 amide bonds. The van der Waals surface area contributed by atoms with Gasteiger partial charge in [-0.1, -0.05) is 142 Å². The highest BCUT2D eigenvalue weighted by atomic mass is 16.3. The molecule has 0 unspecified atom stereocenters. The molecule has 12 aromatic rings. The van der Waals surface area contributed by atoms with E-state index in [1.165, 1.54) is 71.3 Å². The van der Waals surface area contributed by atoms with E-state index in [2.05, 4.69) is 200 Å². The zero-order valence-electron chi connectivity index (χ0n) is 34.0. The Bertz CT molecular complexity index is 3880. The van der Waals surface area contributed by atoms with E-state index < -0.39 is 0 Å². The summed E-state index contributed by atoms with van der Waals surface area (Å²) in [5, 5.41) is 9.54. The highest BCUT2D eigenvalue weighted by molar-refractivity contribution is 6.90. The topological polar surface area (TPSA) is 34.5 Å². The van der Waals surface area contributed by atoms with Gasteiger partial charge in [-0.3, -0.25) is 0 Å². The lowest BCUT2D eigenvalue weighted by Crippen LogP contribution is -2.56. The van der Waals surface area contributed by atoms with Gasteiger partial charge in [0.05, 0.1) is 5.69 Å². The number of benzene rings is 9. The van der Waals surface area contributed by atoms with Crippen molar-refractivity contribution in [3.63, 3.8) is 0 Å². The van der Waals surface area contributed by atoms with Crippen LogP contribution in [-0.4, -0.2) is 11.3 Å². The fraction of sp³-hybridized carbons (Fsp3) is 0.0714. The first kappa shape index (κ1) is 33.3. The van der Waals surface area contributed by atoms with Crippen LogP contribution in [0.25, 0.3) is 98.7 Å². The minimum Gasteiger partial charge on any atom is -0.455 e. The van der Waals surface area contributed by atoms with Crippen LogP contribution in [0.4, 0.5) is 17.1 Å². The molecule has 0 N–H and O–H groups in total. The van der Waals surface area contributed by atoms with Crippen molar-refractivity contribution >= 4 is 111 Å². The monoisotopic (exact) mass is 780 g/mol. The van der Waals surface area contributed by atoms with Gasteiger partial charge in [0.2, 0.25) is 0 Å². The first-order valence-electron chi connectivity index (χ1n) is 21.3. The Morgan fingerprint density at radius 2 is 1.20 bits per heavy atom. The summed E-state index contributed by atoms with van der Waals surface area (Å²) >= 11 is 0. The molecule has 0 aliphatic carbocycles. The second-order valence-corrected chi connectivity index (χ2v) is 18.0. The molecule has 2 aliphatic rings. The lowest BCUT2D eigenvalue weighted by molar-refractivity contribution is 0.591. The van der Waals surface area contributed by atoms with E-state index in [0.717, 1.165) is 60.9 Å². The van der Waals surface area contributed by atoms with Gasteiger partial charge < -0.3 is 18.2 Å². The second-order valence-electron chi connectivity index (χ2n) is 18.0. The zero-order chi connectivity index (χ0) is 40.3. The van der Waals surface area contributed by atoms with Crippen molar-refractivity contribution in [1.82, 2.24) is 4.48 Å². The standard InChI is InChI=1S/C56H37BN2O2/c1-56(2,3)35-29-41-50-36-17-8-7-16-33(36)25-27-44(50)59-53(41)42(30-35)51-52-47(31-40-38-19-10-12-23-49(38)61-55(40)51)58(45-21-13-20-39-37-18-9-11-22-48(37)60-54(39)45)46-28-34(24-26-43(46)57(52)59)32-14-5-4-6-15-32/h4-31H,1-3H3. The molecule has 4 nitrogen and oxygen atoms in total. The number of rotatable bonds is 2. The van der Waals surface area contributed by atoms with Crippen LogP contribution in [0.3, 0.4) is 0 Å². The molecular weight excluding hydrogens is 743 g/mol. The van der Waals surface area contributed by atoms with Crippen molar-refractivity contribution in [1.29, 1.82) is 0 Å². The molecule has 0 fully saturated rings. The molecule has 0 saturated heterocycles. The number of para-hydroxylation sites is 3. The summed E-state index contributed by atoms with van der Waals surface area (Å²) < 4.78 is 16.7. The number of hydrogen-bond acceptors (Lipinski definition) is 3. The van der Waals surface area contributed by atoms with Crippen molar-refractivity contribution in [2.45, 2.75) is 26.2 Å². The van der Waals surface area contributed by atoms with E-state index in [1.807, 2.05) is 0 Å². The summed E-state index contributed by atoms with van der Waals surface area (Å²) in [7, 11) is 0. The highest BCUT2D eigenvalue weighted by Gasteiger charge is 2.45. The maximum Gasteiger partial charge on any atom is 0.333 e. The largest absolute Gasteiger partial charge is 0.455 e. The van der Waals surface area contributed by atoms with Crippen LogP contribution < -0.4 is 15.8 Å². The Kier molecular flexibility index (Phi) is 6.35. The minimum absolute atomic E-state index is 0.105. The molecule has 5 heteroatoms. The van der Waals surface area contributed by atoms with E-state index in [1.54, 1.807) is 0 Å². The molecule has 14 rings (SSSR count). The third-order valence-electron chi connectivity index (χ3n) is 13.7. The van der Waals surface area contributed by atoms with E-state index in [-0.39, 0.29) is 12.3 Å². The molecule has 0 saturated carbocycles. The molecule has 2 aliphatic heterocycles. The highest BCUT2D eigenvalue weighted by Crippen LogP contribution is 2.52. The molecule has 0 atom stereocenters. The number of furan rings is 2. The van der Waals surface area contributed by atoms with Gasteiger partial charge in [0.25, 0.3) is 0 Å². The lowest BCUT2D eigenvalue weighted by atomic mass is 9.45. The third-order valence-corrected chi connectivity index (χ3v) is 13.7. The first-order valence-corrected chi connectivity index (χ1v) is 21.3. The molecule has 3 aromatic heterocycles. The quantitative estimate of drug-likeness (QED) is 0.164. The average molecular weight is 781 g/mol. The van der Waals surface area contributed by atoms with Crippen LogP contribution in [0.5, 0.6) is 0 Å². The molecule has 286 valence electrons. The fourth-order valence-corrected chi connectivity index (χ4v) is 10.9. The smallest absolute Gasteiger partial charge is 0.333 e. The Morgan fingerprint density at radius 1 is 0.492 bits per heavy atom. The van der Waals surface area contributed by atoms with Crippen molar-refractivity contribution < 1.29 is 8.83 Å². The summed E-state index contributed by atoms with van der Waals surface area (Å²) in [5.74, 6) is 0. The third kappa shape index (κ3) is 4.35. The van der Waals surface area contributed by atoms with Gasteiger partial charge in [-0.15, -0.1) is 0 Å². The van der Waals surface area contributed by atoms with Crippen molar-refractivity contribution in [3.8, 4) is 22.3 Å². The van der Waals surface area contributed by atoms with Gasteiger partial charge in [-0.25, -0.2) is 0 Å². The number of nitrogens with zero attached hydrogens (tertiary/aromatic N) is 2. The lowest BCUT2D eigenvalue weighted by Gasteiger charge is -2.40. The summed E-state index contributed by atoms with van der Waals surface area (Å²) in [6.45, 7) is 6.84. The summed E-state index contributed by atoms with van der Waals surface area (Å²) in [4.78, 5) is 2.50. The Labute approximate surface area is 351 Å². The maximum absolute atomic E-state index is 7.11. The Balaban J connectivity index is 1.22. The van der Waals surface area contributed by atoms with Crippen LogP contribution in [0.1, 0.15) is 26.3 Å². The molecule has 61 heavy (non-hydrogen) atoms. The number of aromatic nitrogens is 1. The Hall–Kier alpha value is -7.50. The van der Waals surface area contributed by atoms with Gasteiger partial charge in [0, 0.05) is 65.9 Å². The number of fused-ring (bicyclic) bond motifs is 16. The van der Waals surface area contributed by atoms with Crippen LogP contribution in [0.2, 0.25) is 0 Å². The number of anilines is 3. The van der Waals surface area contributed by atoms with Crippen molar-refractivity contribution in [2.75, 3.05) is 4.90 Å². The van der Waals surface area contributed by atoms with Gasteiger partial charge in [0.15, 0.2) is 5.58 Å². The zero-order valence-corrected chi connectivity index (χ0v) is 34.0. The molecule has 9 aromatic carbocycles. The van der Waals surface area contributed by atoms with E-state index in [0.29, 0.717) is 0 Å². The van der Waals surface area contributed by atoms with Gasteiger partial charge >= 0.3 is 6.85 Å². The molecule has 0 bridgehead atoms. The van der Waals surface area contributed by atoms with Gasteiger partial charge in [0.1, 0.15) is 16.7 Å². The molecule has 0 radical (unpaired) electrons. The van der Waals surface area contributed by atoms with Crippen LogP contribution >= 0.6 is 0 Å². The average Bonchev–Trinajstić information content (AvgIpc) is 3.97. The van der Waals surface area contributed by atoms with Crippen molar-refractivity contribution in [2.24, 2.45) is 0 Å². The predicted molar refractivity (Wildman–Crippen MR) is 256 cm³/mol. The van der Waals surface area contributed by atoms with E-state index >= 15 is 0 Å². The molecule has 0 spiro atoms. The normalized spacial score (nSPS) is 13.4. The SMILES string of the molecule is CC(C)(C)c1cc2c3c(c1)c1c4ccccc4ccc1n3B1c3ccc(-c4ccccc4)cc3N(c3cccc4c3oc3ccccc34)c3cc4c(oc5ccccc54)c-2c31. The minimum atomic E-state index is -0.150. The van der Waals surface area contributed by atoms with E-state index in [4.69, 9.17) is 8.83 Å². The number of hydrogen-bond donors (Lipinski definition) is 0. The molecular formula is C56H37BN2O2. The molecule has 5 heterocycles. The van der Waals surface area contributed by atoms with Crippen LogP contribution in [0, 0.1) is 0 Å². The van der Waals surface area contributed by atoms with Crippen LogP contribution in [-0.2, 0) is 5.41 Å². The van der Waals surface area contributed by atoms with Crippen LogP contribution in [0.15, 0.2) is 179 Å². The maximum atomic E-state index is 7.11. The summed E-state index contributed by atoms with van der Waals surface area (Å²) in [6.07, 6.45) is 0. The van der Waals surface area contributed by atoms with Crippen molar-refractivity contribution in [3.05, 3.63) is 175 Å². The Morgan fingerprint density at radius 3 is 2.00 bits per heavy atom. The first-order chi connectivity index (χ1) is 29.9. The summed E-state index contributed by atoms with van der Waals surface area (Å²) in [5.41, 5.74) is 17.7. The predicted octanol–water partition coefficient (Wildman–Crippen LogP) is 14.1. The van der Waals surface area contributed by atoms with Gasteiger partial charge in [-0.2, -0.15) is 0 Å². The fourth-order valence-electron chi connectivity index (χ4n) is 10.9. The summed E-state index contributed by atoms with van der Waals surface area (Å²) in [6, 6.07) is 62.3.